The predicted molar refractivity (Wildman–Crippen MR) is 60.2 cm³/mol. The van der Waals surface area contributed by atoms with E-state index in [1.54, 1.807) is 19.2 Å². The van der Waals surface area contributed by atoms with Gasteiger partial charge in [-0.2, -0.15) is 0 Å². The minimum absolute atomic E-state index is 0.0962. The smallest absolute Gasteiger partial charge is 0.142 e. The maximum atomic E-state index is 5.97. The van der Waals surface area contributed by atoms with Crippen LogP contribution in [0.25, 0.3) is 0 Å². The number of hydrogen-bond donors (Lipinski definition) is 1. The molecule has 14 heavy (non-hydrogen) atoms. The van der Waals surface area contributed by atoms with Crippen LogP contribution in [0, 0.1) is 0 Å². The zero-order valence-electron chi connectivity index (χ0n) is 8.18. The molecule has 0 aliphatic rings. The van der Waals surface area contributed by atoms with Gasteiger partial charge >= 0.3 is 0 Å². The van der Waals surface area contributed by atoms with E-state index in [-0.39, 0.29) is 6.04 Å². The van der Waals surface area contributed by atoms with Crippen LogP contribution in [0.15, 0.2) is 12.1 Å². The standard InChI is InChI=1S/C10H13Cl2NO/c1-3-9(13)7-4-6(11)5-8(12)10(7)14-2/h4-5,9H,3,13H2,1-2H3. The molecule has 0 fully saturated rings. The molecule has 1 rings (SSSR count). The summed E-state index contributed by atoms with van der Waals surface area (Å²) in [5, 5.41) is 1.08. The number of ether oxygens (including phenoxy) is 1. The van der Waals surface area contributed by atoms with Gasteiger partial charge in [-0.15, -0.1) is 0 Å². The van der Waals surface area contributed by atoms with E-state index in [2.05, 4.69) is 0 Å². The summed E-state index contributed by atoms with van der Waals surface area (Å²) in [5.41, 5.74) is 6.77. The van der Waals surface area contributed by atoms with E-state index in [0.29, 0.717) is 15.8 Å². The van der Waals surface area contributed by atoms with Gasteiger partial charge in [-0.05, 0) is 18.6 Å². The lowest BCUT2D eigenvalue weighted by molar-refractivity contribution is 0.405. The second kappa shape index (κ2) is 4.87. The van der Waals surface area contributed by atoms with E-state index >= 15 is 0 Å². The molecule has 78 valence electrons. The van der Waals surface area contributed by atoms with Crippen LogP contribution < -0.4 is 10.5 Å². The molecule has 1 aromatic carbocycles. The van der Waals surface area contributed by atoms with Crippen molar-refractivity contribution in [2.75, 3.05) is 7.11 Å². The summed E-state index contributed by atoms with van der Waals surface area (Å²) in [4.78, 5) is 0. The lowest BCUT2D eigenvalue weighted by Crippen LogP contribution is -2.10. The van der Waals surface area contributed by atoms with E-state index in [0.717, 1.165) is 12.0 Å². The van der Waals surface area contributed by atoms with E-state index in [9.17, 15) is 0 Å². The van der Waals surface area contributed by atoms with Gasteiger partial charge in [-0.3, -0.25) is 0 Å². The van der Waals surface area contributed by atoms with Gasteiger partial charge in [-0.1, -0.05) is 30.1 Å². The zero-order valence-corrected chi connectivity index (χ0v) is 9.69. The quantitative estimate of drug-likeness (QED) is 0.869. The molecular formula is C10H13Cl2NO. The van der Waals surface area contributed by atoms with Crippen LogP contribution in [-0.2, 0) is 0 Å². The van der Waals surface area contributed by atoms with Crippen LogP contribution >= 0.6 is 23.2 Å². The van der Waals surface area contributed by atoms with Crippen LogP contribution in [0.3, 0.4) is 0 Å². The molecule has 4 heteroatoms. The summed E-state index contributed by atoms with van der Waals surface area (Å²) in [7, 11) is 1.57. The summed E-state index contributed by atoms with van der Waals surface area (Å²) in [5.74, 6) is 0.616. The normalized spacial score (nSPS) is 12.6. The first kappa shape index (κ1) is 11.6. The topological polar surface area (TPSA) is 35.2 Å². The van der Waals surface area contributed by atoms with Crippen LogP contribution in [0.2, 0.25) is 10.0 Å². The molecule has 2 N–H and O–H groups in total. The third-order valence-corrected chi connectivity index (χ3v) is 2.58. The molecule has 1 unspecified atom stereocenters. The van der Waals surface area contributed by atoms with Crippen molar-refractivity contribution in [2.45, 2.75) is 19.4 Å². The number of nitrogens with two attached hydrogens (primary N) is 1. The van der Waals surface area contributed by atoms with Crippen LogP contribution in [0.5, 0.6) is 5.75 Å². The number of benzene rings is 1. The van der Waals surface area contributed by atoms with Crippen molar-refractivity contribution in [3.8, 4) is 5.75 Å². The first-order chi connectivity index (χ1) is 6.60. The third-order valence-electron chi connectivity index (χ3n) is 2.08. The van der Waals surface area contributed by atoms with Gasteiger partial charge in [0.2, 0.25) is 0 Å². The molecule has 1 aromatic rings. The Morgan fingerprint density at radius 2 is 2.07 bits per heavy atom. The van der Waals surface area contributed by atoms with Gasteiger partial charge in [0.1, 0.15) is 5.75 Å². The highest BCUT2D eigenvalue weighted by Gasteiger charge is 2.14. The summed E-state index contributed by atoms with van der Waals surface area (Å²) in [6.07, 6.45) is 0.813. The summed E-state index contributed by atoms with van der Waals surface area (Å²) >= 11 is 11.9. The summed E-state index contributed by atoms with van der Waals surface area (Å²) < 4.78 is 5.18. The average molecular weight is 234 g/mol. The van der Waals surface area contributed by atoms with Crippen molar-refractivity contribution < 1.29 is 4.74 Å². The van der Waals surface area contributed by atoms with E-state index in [4.69, 9.17) is 33.7 Å². The SMILES string of the molecule is CCC(N)c1cc(Cl)cc(Cl)c1OC. The molecule has 0 saturated carbocycles. The summed E-state index contributed by atoms with van der Waals surface area (Å²) in [6, 6.07) is 3.34. The Labute approximate surface area is 94.0 Å². The van der Waals surface area contributed by atoms with Gasteiger partial charge in [0.25, 0.3) is 0 Å². The maximum Gasteiger partial charge on any atom is 0.142 e. The molecule has 2 nitrogen and oxygen atoms in total. The molecule has 0 heterocycles. The molecule has 0 amide bonds. The van der Waals surface area contributed by atoms with Crippen molar-refractivity contribution >= 4 is 23.2 Å². The monoisotopic (exact) mass is 233 g/mol. The Morgan fingerprint density at radius 3 is 2.57 bits per heavy atom. The van der Waals surface area contributed by atoms with Gasteiger partial charge in [-0.25, -0.2) is 0 Å². The second-order valence-corrected chi connectivity index (χ2v) is 3.87. The third kappa shape index (κ3) is 2.32. The fourth-order valence-corrected chi connectivity index (χ4v) is 1.88. The molecule has 0 aromatic heterocycles. The Kier molecular flexibility index (Phi) is 4.05. The average Bonchev–Trinajstić information content (AvgIpc) is 2.15. The fraction of sp³-hybridized carbons (Fsp3) is 0.400. The van der Waals surface area contributed by atoms with Crippen LogP contribution in [-0.4, -0.2) is 7.11 Å². The highest BCUT2D eigenvalue weighted by atomic mass is 35.5. The molecule has 0 aliphatic carbocycles. The fourth-order valence-electron chi connectivity index (χ4n) is 1.29. The molecular weight excluding hydrogens is 221 g/mol. The van der Waals surface area contributed by atoms with E-state index < -0.39 is 0 Å². The van der Waals surface area contributed by atoms with E-state index in [1.165, 1.54) is 0 Å². The predicted octanol–water partition coefficient (Wildman–Crippen LogP) is 3.41. The Morgan fingerprint density at radius 1 is 1.43 bits per heavy atom. The maximum absolute atomic E-state index is 5.97. The van der Waals surface area contributed by atoms with Gasteiger partial charge in [0, 0.05) is 16.6 Å². The van der Waals surface area contributed by atoms with Crippen molar-refractivity contribution in [3.63, 3.8) is 0 Å². The Bertz CT molecular complexity index is 328. The lowest BCUT2D eigenvalue weighted by Gasteiger charge is -2.15. The van der Waals surface area contributed by atoms with Crippen molar-refractivity contribution in [2.24, 2.45) is 5.73 Å². The Hall–Kier alpha value is -0.440. The summed E-state index contributed by atoms with van der Waals surface area (Å²) in [6.45, 7) is 2.00. The highest BCUT2D eigenvalue weighted by Crippen LogP contribution is 2.35. The lowest BCUT2D eigenvalue weighted by atomic mass is 10.0. The van der Waals surface area contributed by atoms with Crippen molar-refractivity contribution in [1.82, 2.24) is 0 Å². The molecule has 1 atom stereocenters. The minimum Gasteiger partial charge on any atom is -0.495 e. The number of rotatable bonds is 3. The zero-order chi connectivity index (χ0) is 10.7. The largest absolute Gasteiger partial charge is 0.495 e. The Balaban J connectivity index is 3.24. The van der Waals surface area contributed by atoms with Crippen molar-refractivity contribution in [3.05, 3.63) is 27.7 Å². The molecule has 0 saturated heterocycles. The number of halogens is 2. The molecule has 0 aliphatic heterocycles. The van der Waals surface area contributed by atoms with Gasteiger partial charge in [0.15, 0.2) is 0 Å². The van der Waals surface area contributed by atoms with Gasteiger partial charge in [0.05, 0.1) is 12.1 Å². The van der Waals surface area contributed by atoms with Gasteiger partial charge < -0.3 is 10.5 Å². The molecule has 0 bridgehead atoms. The molecule has 0 spiro atoms. The minimum atomic E-state index is -0.0962. The first-order valence-electron chi connectivity index (χ1n) is 4.38. The highest BCUT2D eigenvalue weighted by molar-refractivity contribution is 6.35. The number of methoxy groups -OCH3 is 1. The van der Waals surface area contributed by atoms with Crippen LogP contribution in [0.1, 0.15) is 24.9 Å². The van der Waals surface area contributed by atoms with Crippen LogP contribution in [0.4, 0.5) is 0 Å². The number of hydrogen-bond acceptors (Lipinski definition) is 2. The molecule has 0 radical (unpaired) electrons. The second-order valence-electron chi connectivity index (χ2n) is 3.02. The van der Waals surface area contributed by atoms with E-state index in [1.807, 2.05) is 6.92 Å². The first-order valence-corrected chi connectivity index (χ1v) is 5.14. The van der Waals surface area contributed by atoms with Crippen molar-refractivity contribution in [1.29, 1.82) is 0 Å².